The Labute approximate surface area is 188 Å². The van der Waals surface area contributed by atoms with Gasteiger partial charge in [0.15, 0.2) is 17.1 Å². The standard InChI is InChI=1S/C23H22FN5O4/c1-14-21(23(32)27-16-6-4-8-25-11-16)29-22(26-14)20(33-13-17(31)12-30)9-19(28-29)18-7-3-2-5-15(18)10-24/h2-9,11,17,30-31H,10,12-13H2,1H3,(H,27,32). The van der Waals surface area contributed by atoms with Gasteiger partial charge in [0.05, 0.1) is 29.9 Å². The summed E-state index contributed by atoms with van der Waals surface area (Å²) in [6.07, 6.45) is 2.00. The Morgan fingerprint density at radius 3 is 2.82 bits per heavy atom. The molecule has 4 rings (SSSR count). The topological polar surface area (TPSA) is 122 Å². The van der Waals surface area contributed by atoms with Crippen LogP contribution in [0.3, 0.4) is 0 Å². The molecule has 3 heterocycles. The summed E-state index contributed by atoms with van der Waals surface area (Å²) in [7, 11) is 0. The zero-order chi connectivity index (χ0) is 23.4. The molecule has 4 aromatic rings. The molecule has 1 amide bonds. The van der Waals surface area contributed by atoms with Crippen molar-refractivity contribution in [1.82, 2.24) is 19.6 Å². The van der Waals surface area contributed by atoms with Crippen molar-refractivity contribution < 1.29 is 24.1 Å². The zero-order valence-corrected chi connectivity index (χ0v) is 17.8. The third kappa shape index (κ3) is 4.66. The molecule has 10 heteroatoms. The van der Waals surface area contributed by atoms with E-state index in [1.807, 2.05) is 0 Å². The van der Waals surface area contributed by atoms with Crippen LogP contribution in [-0.2, 0) is 6.67 Å². The van der Waals surface area contributed by atoms with Gasteiger partial charge in [-0.1, -0.05) is 24.3 Å². The quantitative estimate of drug-likeness (QED) is 0.376. The van der Waals surface area contributed by atoms with Gasteiger partial charge < -0.3 is 20.3 Å². The molecule has 1 atom stereocenters. The zero-order valence-electron chi connectivity index (χ0n) is 17.8. The van der Waals surface area contributed by atoms with Crippen molar-refractivity contribution in [2.45, 2.75) is 19.7 Å². The third-order valence-electron chi connectivity index (χ3n) is 4.94. The van der Waals surface area contributed by atoms with Gasteiger partial charge in [-0.25, -0.2) is 13.9 Å². The summed E-state index contributed by atoms with van der Waals surface area (Å²) in [5.41, 5.74) is 2.61. The lowest BCUT2D eigenvalue weighted by Gasteiger charge is -2.13. The van der Waals surface area contributed by atoms with Crippen molar-refractivity contribution >= 4 is 17.2 Å². The van der Waals surface area contributed by atoms with Crippen molar-refractivity contribution in [2.24, 2.45) is 0 Å². The van der Waals surface area contributed by atoms with E-state index >= 15 is 0 Å². The molecule has 0 saturated carbocycles. The van der Waals surface area contributed by atoms with Crippen LogP contribution in [0.2, 0.25) is 0 Å². The van der Waals surface area contributed by atoms with Crippen molar-refractivity contribution in [2.75, 3.05) is 18.5 Å². The van der Waals surface area contributed by atoms with Crippen molar-refractivity contribution in [3.63, 3.8) is 0 Å². The fraction of sp³-hybridized carbons (Fsp3) is 0.217. The Bertz CT molecular complexity index is 1280. The monoisotopic (exact) mass is 451 g/mol. The Morgan fingerprint density at radius 2 is 2.09 bits per heavy atom. The molecule has 1 aromatic carbocycles. The summed E-state index contributed by atoms with van der Waals surface area (Å²) < 4.78 is 20.7. The number of aliphatic hydroxyl groups is 2. The first kappa shape index (κ1) is 22.3. The van der Waals surface area contributed by atoms with E-state index in [1.165, 1.54) is 10.7 Å². The number of anilines is 1. The number of carbonyl (C=O) groups is 1. The van der Waals surface area contributed by atoms with E-state index in [-0.39, 0.29) is 23.7 Å². The van der Waals surface area contributed by atoms with Gasteiger partial charge >= 0.3 is 0 Å². The molecule has 0 radical (unpaired) electrons. The second kappa shape index (κ2) is 9.72. The van der Waals surface area contributed by atoms with E-state index in [2.05, 4.69) is 20.4 Å². The summed E-state index contributed by atoms with van der Waals surface area (Å²) in [5, 5.41) is 26.2. The number of aromatic nitrogens is 4. The van der Waals surface area contributed by atoms with Gasteiger partial charge in [0, 0.05) is 17.8 Å². The van der Waals surface area contributed by atoms with Gasteiger partial charge in [0.1, 0.15) is 19.4 Å². The number of benzene rings is 1. The number of rotatable bonds is 8. The highest BCUT2D eigenvalue weighted by Crippen LogP contribution is 2.30. The lowest BCUT2D eigenvalue weighted by atomic mass is 10.1. The number of carbonyl (C=O) groups excluding carboxylic acids is 1. The summed E-state index contributed by atoms with van der Waals surface area (Å²) in [6, 6.07) is 11.8. The highest BCUT2D eigenvalue weighted by atomic mass is 19.1. The van der Waals surface area contributed by atoms with Gasteiger partial charge in [-0.05, 0) is 24.6 Å². The number of aryl methyl sites for hydroxylation is 1. The minimum atomic E-state index is -1.11. The highest BCUT2D eigenvalue weighted by molar-refractivity contribution is 6.04. The molecule has 0 spiro atoms. The van der Waals surface area contributed by atoms with Crippen LogP contribution in [0.1, 0.15) is 21.7 Å². The number of halogens is 1. The molecule has 0 bridgehead atoms. The smallest absolute Gasteiger partial charge is 0.276 e. The average molecular weight is 451 g/mol. The Kier molecular flexibility index (Phi) is 6.57. The van der Waals surface area contributed by atoms with Crippen LogP contribution >= 0.6 is 0 Å². The number of ether oxygens (including phenoxy) is 1. The van der Waals surface area contributed by atoms with Crippen LogP contribution in [0.4, 0.5) is 10.1 Å². The van der Waals surface area contributed by atoms with Crippen molar-refractivity contribution in [3.05, 3.63) is 71.8 Å². The maximum absolute atomic E-state index is 13.6. The molecule has 170 valence electrons. The lowest BCUT2D eigenvalue weighted by molar-refractivity contribution is 0.0539. The van der Waals surface area contributed by atoms with Crippen LogP contribution in [0.25, 0.3) is 16.9 Å². The molecular weight excluding hydrogens is 429 g/mol. The molecular formula is C23H22FN5O4. The van der Waals surface area contributed by atoms with Gasteiger partial charge in [0.25, 0.3) is 5.91 Å². The molecule has 0 fully saturated rings. The number of amides is 1. The highest BCUT2D eigenvalue weighted by Gasteiger charge is 2.23. The molecule has 0 aliphatic heterocycles. The first-order chi connectivity index (χ1) is 16.0. The van der Waals surface area contributed by atoms with E-state index in [0.717, 1.165) is 0 Å². The Balaban J connectivity index is 1.85. The van der Waals surface area contributed by atoms with E-state index < -0.39 is 25.3 Å². The summed E-state index contributed by atoms with van der Waals surface area (Å²) in [6.45, 7) is 0.273. The van der Waals surface area contributed by atoms with Crippen LogP contribution in [-0.4, -0.2) is 55.0 Å². The number of aliphatic hydroxyl groups excluding tert-OH is 2. The lowest BCUT2D eigenvalue weighted by Crippen LogP contribution is -2.22. The number of imidazole rings is 1. The van der Waals surface area contributed by atoms with Gasteiger partial charge in [0.2, 0.25) is 0 Å². The van der Waals surface area contributed by atoms with E-state index in [9.17, 15) is 14.3 Å². The van der Waals surface area contributed by atoms with Gasteiger partial charge in [-0.2, -0.15) is 5.10 Å². The number of nitrogens with one attached hydrogen (secondary N) is 1. The SMILES string of the molecule is Cc1nc2c(OCC(O)CO)cc(-c3ccccc3CF)nn2c1C(=O)Nc1cccnc1. The number of nitrogens with zero attached hydrogens (tertiary/aromatic N) is 4. The van der Waals surface area contributed by atoms with Crippen LogP contribution in [0.15, 0.2) is 54.9 Å². The Hall–Kier alpha value is -3.89. The first-order valence-electron chi connectivity index (χ1n) is 10.2. The second-order valence-electron chi connectivity index (χ2n) is 7.31. The summed E-state index contributed by atoms with van der Waals surface area (Å²) >= 11 is 0. The normalized spacial score (nSPS) is 12.0. The van der Waals surface area contributed by atoms with Gasteiger partial charge in [-0.3, -0.25) is 9.78 Å². The van der Waals surface area contributed by atoms with E-state index in [4.69, 9.17) is 9.84 Å². The second-order valence-corrected chi connectivity index (χ2v) is 7.31. The molecule has 1 unspecified atom stereocenters. The maximum Gasteiger partial charge on any atom is 0.276 e. The molecule has 0 aliphatic carbocycles. The minimum absolute atomic E-state index is 0.168. The predicted octanol–water partition coefficient (Wildman–Crippen LogP) is 2.55. The summed E-state index contributed by atoms with van der Waals surface area (Å²) in [4.78, 5) is 21.5. The molecule has 0 saturated heterocycles. The fourth-order valence-electron chi connectivity index (χ4n) is 3.35. The van der Waals surface area contributed by atoms with E-state index in [1.54, 1.807) is 55.6 Å². The number of pyridine rings is 1. The van der Waals surface area contributed by atoms with Crippen LogP contribution in [0.5, 0.6) is 5.75 Å². The summed E-state index contributed by atoms with van der Waals surface area (Å²) in [5.74, 6) is -0.234. The molecule has 9 nitrogen and oxygen atoms in total. The number of alkyl halides is 1. The molecule has 33 heavy (non-hydrogen) atoms. The van der Waals surface area contributed by atoms with Crippen LogP contribution < -0.4 is 10.1 Å². The Morgan fingerprint density at radius 1 is 1.27 bits per heavy atom. The molecule has 3 aromatic heterocycles. The third-order valence-corrected chi connectivity index (χ3v) is 4.94. The predicted molar refractivity (Wildman–Crippen MR) is 119 cm³/mol. The number of hydrogen-bond donors (Lipinski definition) is 3. The number of fused-ring (bicyclic) bond motifs is 1. The van der Waals surface area contributed by atoms with Crippen molar-refractivity contribution in [3.8, 4) is 17.0 Å². The van der Waals surface area contributed by atoms with Gasteiger partial charge in [-0.15, -0.1) is 0 Å². The fourth-order valence-corrected chi connectivity index (χ4v) is 3.35. The minimum Gasteiger partial charge on any atom is -0.487 e. The first-order valence-corrected chi connectivity index (χ1v) is 10.2. The number of hydrogen-bond acceptors (Lipinski definition) is 7. The van der Waals surface area contributed by atoms with E-state index in [0.29, 0.717) is 28.2 Å². The average Bonchev–Trinajstić information content (AvgIpc) is 3.18. The largest absolute Gasteiger partial charge is 0.487 e. The molecule has 3 N–H and O–H groups in total. The molecule has 0 aliphatic rings. The van der Waals surface area contributed by atoms with Crippen LogP contribution in [0, 0.1) is 6.92 Å². The van der Waals surface area contributed by atoms with Crippen molar-refractivity contribution in [1.29, 1.82) is 0 Å². The maximum atomic E-state index is 13.6.